The number of ether oxygens (including phenoxy) is 1. The van der Waals surface area contributed by atoms with Crippen LogP contribution >= 0.6 is 0 Å². The summed E-state index contributed by atoms with van der Waals surface area (Å²) in [5.41, 5.74) is 4.41. The molecule has 0 saturated heterocycles. The smallest absolute Gasteiger partial charge is 0.119 e. The molecule has 4 rings (SSSR count). The summed E-state index contributed by atoms with van der Waals surface area (Å²) in [5, 5.41) is 2.53. The monoisotopic (exact) mass is 386 g/mol. The number of aryl methyl sites for hydroxylation is 2. The van der Waals surface area contributed by atoms with Crippen LogP contribution in [0.4, 0.5) is 0 Å². The van der Waals surface area contributed by atoms with Crippen molar-refractivity contribution in [1.82, 2.24) is 0 Å². The number of hydrogen-bond acceptors (Lipinski definition) is 1. The lowest BCUT2D eigenvalue weighted by atomic mass is 9.77. The second kappa shape index (κ2) is 9.48. The average Bonchev–Trinajstić information content (AvgIpc) is 2.78. The highest BCUT2D eigenvalue weighted by Crippen LogP contribution is 2.37. The molecule has 0 heterocycles. The molecule has 0 aliphatic heterocycles. The van der Waals surface area contributed by atoms with Crippen LogP contribution < -0.4 is 4.74 Å². The van der Waals surface area contributed by atoms with Gasteiger partial charge in [-0.3, -0.25) is 0 Å². The Morgan fingerprint density at radius 2 is 1.41 bits per heavy atom. The summed E-state index contributed by atoms with van der Waals surface area (Å²) in [7, 11) is 1.72. The molecule has 29 heavy (non-hydrogen) atoms. The third-order valence-corrected chi connectivity index (χ3v) is 6.81. The minimum Gasteiger partial charge on any atom is -0.497 e. The summed E-state index contributed by atoms with van der Waals surface area (Å²) < 4.78 is 5.33. The van der Waals surface area contributed by atoms with Gasteiger partial charge in [0.15, 0.2) is 0 Å². The normalized spacial score (nSPS) is 19.4. The zero-order valence-electron chi connectivity index (χ0n) is 18.0. The Morgan fingerprint density at radius 3 is 2.14 bits per heavy atom. The van der Waals surface area contributed by atoms with Crippen molar-refractivity contribution < 1.29 is 4.74 Å². The Bertz CT molecular complexity index is 917. The minimum atomic E-state index is 0.787. The van der Waals surface area contributed by atoms with Crippen LogP contribution in [0.5, 0.6) is 5.75 Å². The van der Waals surface area contributed by atoms with E-state index in [0.29, 0.717) is 0 Å². The van der Waals surface area contributed by atoms with E-state index in [2.05, 4.69) is 61.5 Å². The van der Waals surface area contributed by atoms with Gasteiger partial charge in [0.1, 0.15) is 5.75 Å². The van der Waals surface area contributed by atoms with Crippen molar-refractivity contribution in [1.29, 1.82) is 0 Å². The molecule has 1 aliphatic rings. The summed E-state index contributed by atoms with van der Waals surface area (Å²) in [4.78, 5) is 0. The standard InChI is InChI=1S/C28H34O/c1-3-4-21-7-12-24(13-8-21)25-14-9-22(10-15-25)5-6-23-11-16-27-20-28(29-2)18-17-26(27)19-23/h9-11,14-21,24H,3-8,12-13H2,1-2H3. The fraction of sp³-hybridized carbons (Fsp3) is 0.429. The zero-order chi connectivity index (χ0) is 20.1. The molecule has 0 unspecified atom stereocenters. The van der Waals surface area contributed by atoms with Gasteiger partial charge < -0.3 is 4.74 Å². The van der Waals surface area contributed by atoms with E-state index < -0.39 is 0 Å². The highest BCUT2D eigenvalue weighted by Gasteiger charge is 2.21. The van der Waals surface area contributed by atoms with Crippen molar-refractivity contribution in [2.24, 2.45) is 5.92 Å². The number of benzene rings is 3. The van der Waals surface area contributed by atoms with E-state index in [0.717, 1.165) is 30.4 Å². The largest absolute Gasteiger partial charge is 0.497 e. The molecule has 0 spiro atoms. The summed E-state index contributed by atoms with van der Waals surface area (Å²) in [5.74, 6) is 2.69. The second-order valence-electron chi connectivity index (χ2n) is 8.80. The molecule has 1 fully saturated rings. The maximum absolute atomic E-state index is 5.33. The Balaban J connectivity index is 1.34. The van der Waals surface area contributed by atoms with Gasteiger partial charge in [-0.05, 0) is 90.0 Å². The predicted molar refractivity (Wildman–Crippen MR) is 124 cm³/mol. The van der Waals surface area contributed by atoms with Crippen LogP contribution in [0.25, 0.3) is 10.8 Å². The van der Waals surface area contributed by atoms with Crippen LogP contribution in [0.15, 0.2) is 60.7 Å². The highest BCUT2D eigenvalue weighted by atomic mass is 16.5. The Labute approximate surface area is 176 Å². The van der Waals surface area contributed by atoms with Gasteiger partial charge >= 0.3 is 0 Å². The van der Waals surface area contributed by atoms with Crippen LogP contribution in [-0.4, -0.2) is 7.11 Å². The molecule has 3 aromatic rings. The van der Waals surface area contributed by atoms with E-state index in [9.17, 15) is 0 Å². The molecule has 1 saturated carbocycles. The van der Waals surface area contributed by atoms with Gasteiger partial charge in [-0.1, -0.05) is 68.3 Å². The maximum Gasteiger partial charge on any atom is 0.119 e. The summed E-state index contributed by atoms with van der Waals surface area (Å²) in [6, 6.07) is 22.6. The fourth-order valence-corrected chi connectivity index (χ4v) is 4.99. The van der Waals surface area contributed by atoms with E-state index in [-0.39, 0.29) is 0 Å². The van der Waals surface area contributed by atoms with Gasteiger partial charge in [-0.2, -0.15) is 0 Å². The lowest BCUT2D eigenvalue weighted by Crippen LogP contribution is -2.13. The van der Waals surface area contributed by atoms with Crippen molar-refractivity contribution in [2.45, 2.75) is 64.2 Å². The number of rotatable bonds is 7. The Hall–Kier alpha value is -2.28. The summed E-state index contributed by atoms with van der Waals surface area (Å²) >= 11 is 0. The molecule has 0 aromatic heterocycles. The van der Waals surface area contributed by atoms with Crippen LogP contribution in [0.1, 0.15) is 68.1 Å². The molecule has 0 radical (unpaired) electrons. The van der Waals surface area contributed by atoms with Gasteiger partial charge in [0.2, 0.25) is 0 Å². The lowest BCUT2D eigenvalue weighted by Gasteiger charge is -2.28. The van der Waals surface area contributed by atoms with E-state index >= 15 is 0 Å². The molecule has 0 atom stereocenters. The first-order valence-electron chi connectivity index (χ1n) is 11.4. The fourth-order valence-electron chi connectivity index (χ4n) is 4.99. The molecule has 1 aliphatic carbocycles. The molecule has 1 nitrogen and oxygen atoms in total. The van der Waals surface area contributed by atoms with Crippen molar-refractivity contribution in [3.05, 3.63) is 77.4 Å². The first kappa shape index (κ1) is 20.0. The molecule has 0 bridgehead atoms. The van der Waals surface area contributed by atoms with E-state index in [1.165, 1.54) is 60.4 Å². The van der Waals surface area contributed by atoms with Gasteiger partial charge in [0.25, 0.3) is 0 Å². The third kappa shape index (κ3) is 5.01. The van der Waals surface area contributed by atoms with Crippen LogP contribution in [0.3, 0.4) is 0 Å². The maximum atomic E-state index is 5.33. The molecular formula is C28H34O. The number of fused-ring (bicyclic) bond motifs is 1. The van der Waals surface area contributed by atoms with E-state index in [4.69, 9.17) is 4.74 Å². The molecule has 0 amide bonds. The number of methoxy groups -OCH3 is 1. The molecule has 152 valence electrons. The topological polar surface area (TPSA) is 9.23 Å². The first-order valence-corrected chi connectivity index (χ1v) is 11.4. The van der Waals surface area contributed by atoms with E-state index in [1.807, 2.05) is 6.07 Å². The van der Waals surface area contributed by atoms with Crippen molar-refractivity contribution >= 4 is 10.8 Å². The van der Waals surface area contributed by atoms with Crippen molar-refractivity contribution in [3.63, 3.8) is 0 Å². The van der Waals surface area contributed by atoms with Gasteiger partial charge in [-0.25, -0.2) is 0 Å². The highest BCUT2D eigenvalue weighted by molar-refractivity contribution is 5.84. The zero-order valence-corrected chi connectivity index (χ0v) is 18.0. The first-order chi connectivity index (χ1) is 14.2. The summed E-state index contributed by atoms with van der Waals surface area (Å²) in [6.07, 6.45) is 10.6. The minimum absolute atomic E-state index is 0.787. The van der Waals surface area contributed by atoms with Crippen LogP contribution in [0, 0.1) is 5.92 Å². The van der Waals surface area contributed by atoms with Crippen molar-refractivity contribution in [2.75, 3.05) is 7.11 Å². The van der Waals surface area contributed by atoms with Gasteiger partial charge in [0, 0.05) is 0 Å². The lowest BCUT2D eigenvalue weighted by molar-refractivity contribution is 0.308. The van der Waals surface area contributed by atoms with E-state index in [1.54, 1.807) is 12.7 Å². The summed E-state index contributed by atoms with van der Waals surface area (Å²) in [6.45, 7) is 2.32. The van der Waals surface area contributed by atoms with Crippen LogP contribution in [-0.2, 0) is 12.8 Å². The molecule has 1 heteroatoms. The van der Waals surface area contributed by atoms with Gasteiger partial charge in [0.05, 0.1) is 7.11 Å². The predicted octanol–water partition coefficient (Wildman–Crippen LogP) is 7.71. The second-order valence-corrected chi connectivity index (χ2v) is 8.80. The number of hydrogen-bond donors (Lipinski definition) is 0. The Morgan fingerprint density at radius 1 is 0.759 bits per heavy atom. The van der Waals surface area contributed by atoms with Crippen LogP contribution in [0.2, 0.25) is 0 Å². The molecule has 3 aromatic carbocycles. The Kier molecular flexibility index (Phi) is 6.54. The quantitative estimate of drug-likeness (QED) is 0.404. The average molecular weight is 387 g/mol. The third-order valence-electron chi connectivity index (χ3n) is 6.81. The SMILES string of the molecule is CCCC1CCC(c2ccc(CCc3ccc4cc(OC)ccc4c3)cc2)CC1. The van der Waals surface area contributed by atoms with Crippen molar-refractivity contribution in [3.8, 4) is 5.75 Å². The molecular weight excluding hydrogens is 352 g/mol. The molecule has 0 N–H and O–H groups in total. The van der Waals surface area contributed by atoms with Gasteiger partial charge in [-0.15, -0.1) is 0 Å².